The summed E-state index contributed by atoms with van der Waals surface area (Å²) < 4.78 is 0.735. The number of nitrogens with two attached hydrogens (primary N) is 1. The fourth-order valence-corrected chi connectivity index (χ4v) is 2.49. The Kier molecular flexibility index (Phi) is 3.19. The summed E-state index contributed by atoms with van der Waals surface area (Å²) in [6.07, 6.45) is 0.904. The third-order valence-electron chi connectivity index (χ3n) is 2.76. The second kappa shape index (κ2) is 4.49. The van der Waals surface area contributed by atoms with Crippen LogP contribution in [0.15, 0.2) is 23.3 Å². The number of halogens is 1. The second-order valence-electron chi connectivity index (χ2n) is 4.29. The minimum absolute atomic E-state index is 0.146. The molecule has 1 aromatic rings. The normalized spacial score (nSPS) is 18.9. The van der Waals surface area contributed by atoms with Crippen LogP contribution in [0.1, 0.15) is 31.0 Å². The lowest BCUT2D eigenvalue weighted by Crippen LogP contribution is -2.35. The van der Waals surface area contributed by atoms with Gasteiger partial charge in [-0.25, -0.2) is 0 Å². The molecule has 1 atom stereocenters. The van der Waals surface area contributed by atoms with E-state index in [4.69, 9.17) is 5.73 Å². The van der Waals surface area contributed by atoms with Crippen LogP contribution in [0.4, 0.5) is 5.69 Å². The van der Waals surface area contributed by atoms with Crippen molar-refractivity contribution < 1.29 is 4.79 Å². The van der Waals surface area contributed by atoms with E-state index in [9.17, 15) is 4.79 Å². The van der Waals surface area contributed by atoms with Gasteiger partial charge in [0.15, 0.2) is 0 Å². The summed E-state index contributed by atoms with van der Waals surface area (Å²) in [5.74, 6) is 0. The highest BCUT2D eigenvalue weighted by atomic mass is 79.9. The van der Waals surface area contributed by atoms with Gasteiger partial charge in [-0.2, -0.15) is 5.10 Å². The Hall–Kier alpha value is -1.36. The van der Waals surface area contributed by atoms with E-state index in [1.54, 1.807) is 5.01 Å². The minimum Gasteiger partial charge on any atom is -0.399 e. The molecule has 1 aliphatic heterocycles. The van der Waals surface area contributed by atoms with E-state index in [-0.39, 0.29) is 12.1 Å². The van der Waals surface area contributed by atoms with Crippen LogP contribution in [0.3, 0.4) is 0 Å². The highest BCUT2D eigenvalue weighted by Crippen LogP contribution is 2.32. The van der Waals surface area contributed by atoms with Crippen LogP contribution < -0.4 is 5.73 Å². The quantitative estimate of drug-likeness (QED) is 0.673. The van der Waals surface area contributed by atoms with Crippen LogP contribution in [0, 0.1) is 0 Å². The van der Waals surface area contributed by atoms with Gasteiger partial charge >= 0.3 is 0 Å². The first kappa shape index (κ1) is 12.1. The molecule has 0 saturated heterocycles. The lowest BCUT2D eigenvalue weighted by Gasteiger charge is -2.34. The van der Waals surface area contributed by atoms with Gasteiger partial charge in [0.05, 0.1) is 0 Å². The summed E-state index contributed by atoms with van der Waals surface area (Å²) in [5.41, 5.74) is 8.25. The number of carbonyl (C=O) groups excluding carboxylic acids is 1. The van der Waals surface area contributed by atoms with E-state index in [0.717, 1.165) is 22.0 Å². The number of hydrazone groups is 1. The number of nitrogens with zero attached hydrogens (tertiary/aromatic N) is 2. The fourth-order valence-electron chi connectivity index (χ4n) is 1.95. The molecule has 4 nitrogen and oxygen atoms in total. The number of rotatable bonds is 2. The van der Waals surface area contributed by atoms with Gasteiger partial charge in [0.1, 0.15) is 16.9 Å². The van der Waals surface area contributed by atoms with Crippen LogP contribution in [0.25, 0.3) is 0 Å². The van der Waals surface area contributed by atoms with Crippen LogP contribution in [0.5, 0.6) is 0 Å². The van der Waals surface area contributed by atoms with Gasteiger partial charge in [0.2, 0.25) is 0 Å². The number of hydrogen-bond donors (Lipinski definition) is 1. The zero-order valence-electron chi connectivity index (χ0n) is 9.72. The van der Waals surface area contributed by atoms with Crippen molar-refractivity contribution in [2.75, 3.05) is 5.73 Å². The molecule has 0 bridgehead atoms. The van der Waals surface area contributed by atoms with Crippen molar-refractivity contribution in [1.29, 1.82) is 0 Å². The van der Waals surface area contributed by atoms with Crippen molar-refractivity contribution in [3.8, 4) is 0 Å². The summed E-state index contributed by atoms with van der Waals surface area (Å²) in [4.78, 5) is 11.3. The molecule has 0 spiro atoms. The molecule has 5 heteroatoms. The number of aldehydes is 1. The van der Waals surface area contributed by atoms with Crippen molar-refractivity contribution in [2.24, 2.45) is 5.10 Å². The lowest BCUT2D eigenvalue weighted by atomic mass is 9.98. The predicted molar refractivity (Wildman–Crippen MR) is 72.1 cm³/mol. The Morgan fingerprint density at radius 1 is 1.53 bits per heavy atom. The monoisotopic (exact) mass is 295 g/mol. The Balaban J connectivity index is 2.58. The number of carbonyl (C=O) groups is 1. The third kappa shape index (κ3) is 2.07. The zero-order chi connectivity index (χ0) is 12.6. The van der Waals surface area contributed by atoms with Gasteiger partial charge in [0, 0.05) is 17.3 Å². The molecule has 2 N–H and O–H groups in total. The van der Waals surface area contributed by atoms with E-state index in [1.165, 1.54) is 0 Å². The molecule has 0 aromatic heterocycles. The Bertz CT molecular complexity index is 485. The predicted octanol–water partition coefficient (Wildman–Crippen LogP) is 2.29. The van der Waals surface area contributed by atoms with Crippen LogP contribution >= 0.6 is 15.9 Å². The highest BCUT2D eigenvalue weighted by Gasteiger charge is 2.29. The number of nitrogen functional groups attached to an aromatic ring is 1. The van der Waals surface area contributed by atoms with Gasteiger partial charge < -0.3 is 10.5 Å². The molecule has 0 radical (unpaired) electrons. The maximum absolute atomic E-state index is 11.3. The fraction of sp³-hybridized carbons (Fsp3) is 0.333. The van der Waals surface area contributed by atoms with E-state index in [2.05, 4.69) is 21.0 Å². The number of anilines is 1. The molecular formula is C12H14BrN3O. The number of hydrogen-bond acceptors (Lipinski definition) is 4. The third-order valence-corrected chi connectivity index (χ3v) is 3.35. The van der Waals surface area contributed by atoms with Crippen molar-refractivity contribution in [2.45, 2.75) is 25.9 Å². The van der Waals surface area contributed by atoms with Gasteiger partial charge in [-0.15, -0.1) is 0 Å². The van der Waals surface area contributed by atoms with E-state index >= 15 is 0 Å². The summed E-state index contributed by atoms with van der Waals surface area (Å²) in [6, 6.07) is 5.30. The second-order valence-corrected chi connectivity index (χ2v) is 5.04. The number of benzene rings is 1. The molecule has 1 aromatic carbocycles. The smallest absolute Gasteiger partial charge is 0.148 e. The molecule has 0 aliphatic carbocycles. The SMILES string of the molecule is CC(C)N1N=C(Br)c2ccc(N)cc2C1C=O. The highest BCUT2D eigenvalue weighted by molar-refractivity contribution is 9.18. The van der Waals surface area contributed by atoms with Crippen LogP contribution in [0.2, 0.25) is 0 Å². The average molecular weight is 296 g/mol. The Morgan fingerprint density at radius 3 is 2.82 bits per heavy atom. The van der Waals surface area contributed by atoms with Gasteiger partial charge in [-0.1, -0.05) is 0 Å². The van der Waals surface area contributed by atoms with Crippen LogP contribution in [-0.2, 0) is 4.79 Å². The van der Waals surface area contributed by atoms with E-state index in [1.807, 2.05) is 32.0 Å². The molecule has 1 heterocycles. The van der Waals surface area contributed by atoms with Gasteiger partial charge in [-0.3, -0.25) is 5.01 Å². The van der Waals surface area contributed by atoms with Crippen molar-refractivity contribution in [1.82, 2.24) is 5.01 Å². The van der Waals surface area contributed by atoms with Crippen LogP contribution in [-0.4, -0.2) is 22.0 Å². The molecule has 90 valence electrons. The molecule has 0 fully saturated rings. The Labute approximate surface area is 109 Å². The largest absolute Gasteiger partial charge is 0.399 e. The molecule has 0 saturated carbocycles. The van der Waals surface area contributed by atoms with E-state index < -0.39 is 0 Å². The first-order valence-corrected chi connectivity index (χ1v) is 6.21. The maximum Gasteiger partial charge on any atom is 0.148 e. The topological polar surface area (TPSA) is 58.7 Å². The minimum atomic E-state index is -0.366. The first-order valence-electron chi connectivity index (χ1n) is 5.42. The standard InChI is InChI=1S/C12H14BrN3O/c1-7(2)16-11(6-17)10-5-8(14)3-4-9(10)12(13)15-16/h3-7,11H,14H2,1-2H3. The van der Waals surface area contributed by atoms with Crippen molar-refractivity contribution in [3.63, 3.8) is 0 Å². The van der Waals surface area contributed by atoms with Gasteiger partial charge in [-0.05, 0) is 53.5 Å². The van der Waals surface area contributed by atoms with Gasteiger partial charge in [0.25, 0.3) is 0 Å². The average Bonchev–Trinajstić information content (AvgIpc) is 2.28. The summed E-state index contributed by atoms with van der Waals surface area (Å²) in [7, 11) is 0. The zero-order valence-corrected chi connectivity index (χ0v) is 11.3. The Morgan fingerprint density at radius 2 is 2.24 bits per heavy atom. The molecule has 2 rings (SSSR count). The summed E-state index contributed by atoms with van der Waals surface area (Å²) in [5, 5.41) is 6.18. The first-order chi connectivity index (χ1) is 8.04. The molecule has 0 amide bonds. The summed E-state index contributed by atoms with van der Waals surface area (Å²) >= 11 is 3.43. The number of fused-ring (bicyclic) bond motifs is 1. The van der Waals surface area contributed by atoms with Crippen molar-refractivity contribution in [3.05, 3.63) is 29.3 Å². The summed E-state index contributed by atoms with van der Waals surface area (Å²) in [6.45, 7) is 4.00. The van der Waals surface area contributed by atoms with E-state index in [0.29, 0.717) is 5.69 Å². The molecular weight excluding hydrogens is 282 g/mol. The van der Waals surface area contributed by atoms with Crippen molar-refractivity contribution >= 4 is 32.5 Å². The molecule has 17 heavy (non-hydrogen) atoms. The molecule has 1 aliphatic rings. The maximum atomic E-state index is 11.3. The lowest BCUT2D eigenvalue weighted by molar-refractivity contribution is -0.113. The molecule has 1 unspecified atom stereocenters.